The van der Waals surface area contributed by atoms with Crippen molar-refractivity contribution in [2.24, 2.45) is 5.92 Å². The van der Waals surface area contributed by atoms with Crippen LogP contribution in [0.1, 0.15) is 37.0 Å². The molecule has 82 valence electrons. The van der Waals surface area contributed by atoms with E-state index in [4.69, 9.17) is 11.6 Å². The Kier molecular flexibility index (Phi) is 4.83. The standard InChI is InChI=1S/C13H17ClO/c1-10(2)8-9-12(14)13(15)11-6-4-3-5-7-11/h3-7,10,12H,8-9H2,1-2H3. The predicted octanol–water partition coefficient (Wildman–Crippen LogP) is 3.91. The van der Waals surface area contributed by atoms with Crippen molar-refractivity contribution in [2.75, 3.05) is 0 Å². The van der Waals surface area contributed by atoms with Crippen molar-refractivity contribution < 1.29 is 4.79 Å². The molecule has 0 saturated heterocycles. The molecule has 0 saturated carbocycles. The number of benzene rings is 1. The maximum Gasteiger partial charge on any atom is 0.180 e. The normalized spacial score (nSPS) is 12.8. The Morgan fingerprint density at radius 1 is 1.20 bits per heavy atom. The molecule has 1 unspecified atom stereocenters. The minimum Gasteiger partial charge on any atom is -0.293 e. The van der Waals surface area contributed by atoms with Gasteiger partial charge in [-0.15, -0.1) is 11.6 Å². The molecule has 0 aromatic heterocycles. The Morgan fingerprint density at radius 3 is 2.33 bits per heavy atom. The predicted molar refractivity (Wildman–Crippen MR) is 64.5 cm³/mol. The molecule has 0 N–H and O–H groups in total. The molecule has 2 heteroatoms. The smallest absolute Gasteiger partial charge is 0.180 e. The molecule has 15 heavy (non-hydrogen) atoms. The van der Waals surface area contributed by atoms with E-state index in [0.29, 0.717) is 11.5 Å². The lowest BCUT2D eigenvalue weighted by Gasteiger charge is -2.09. The van der Waals surface area contributed by atoms with Gasteiger partial charge in [-0.2, -0.15) is 0 Å². The van der Waals surface area contributed by atoms with E-state index in [2.05, 4.69) is 13.8 Å². The molecule has 1 atom stereocenters. The molecule has 0 fully saturated rings. The van der Waals surface area contributed by atoms with E-state index in [9.17, 15) is 4.79 Å². The number of alkyl halides is 1. The van der Waals surface area contributed by atoms with E-state index >= 15 is 0 Å². The SMILES string of the molecule is CC(C)CCC(Cl)C(=O)c1ccccc1. The van der Waals surface area contributed by atoms with Crippen LogP contribution in [0.25, 0.3) is 0 Å². The molecule has 0 aliphatic carbocycles. The fourth-order valence-electron chi connectivity index (χ4n) is 1.39. The number of Topliss-reactive ketones (excluding diaryl/α,β-unsaturated/α-hetero) is 1. The molecule has 0 aliphatic rings. The molecule has 1 nitrogen and oxygen atoms in total. The monoisotopic (exact) mass is 224 g/mol. The van der Waals surface area contributed by atoms with Crippen LogP contribution >= 0.6 is 11.6 Å². The van der Waals surface area contributed by atoms with Gasteiger partial charge in [0.05, 0.1) is 5.38 Å². The van der Waals surface area contributed by atoms with E-state index in [1.807, 2.05) is 30.3 Å². The van der Waals surface area contributed by atoms with Crippen molar-refractivity contribution in [2.45, 2.75) is 32.1 Å². The van der Waals surface area contributed by atoms with Crippen molar-refractivity contribution in [3.8, 4) is 0 Å². The van der Waals surface area contributed by atoms with Crippen molar-refractivity contribution >= 4 is 17.4 Å². The number of hydrogen-bond donors (Lipinski definition) is 0. The largest absolute Gasteiger partial charge is 0.293 e. The lowest BCUT2D eigenvalue weighted by atomic mass is 10.0. The summed E-state index contributed by atoms with van der Waals surface area (Å²) in [5.41, 5.74) is 0.709. The zero-order valence-corrected chi connectivity index (χ0v) is 10.00. The minimum absolute atomic E-state index is 0.0397. The van der Waals surface area contributed by atoms with Crippen LogP contribution < -0.4 is 0 Å². The molecular formula is C13H17ClO. The van der Waals surface area contributed by atoms with Crippen LogP contribution in [-0.2, 0) is 0 Å². The molecule has 1 aromatic carbocycles. The third-order valence-electron chi connectivity index (χ3n) is 2.34. The number of hydrogen-bond acceptors (Lipinski definition) is 1. The number of carbonyl (C=O) groups is 1. The summed E-state index contributed by atoms with van der Waals surface area (Å²) in [7, 11) is 0. The Morgan fingerprint density at radius 2 is 1.80 bits per heavy atom. The number of carbonyl (C=O) groups excluding carboxylic acids is 1. The summed E-state index contributed by atoms with van der Waals surface area (Å²) >= 11 is 6.06. The van der Waals surface area contributed by atoms with Gasteiger partial charge in [-0.3, -0.25) is 4.79 Å². The first-order chi connectivity index (χ1) is 7.11. The highest BCUT2D eigenvalue weighted by molar-refractivity contribution is 6.33. The highest BCUT2D eigenvalue weighted by Gasteiger charge is 2.16. The summed E-state index contributed by atoms with van der Waals surface area (Å²) in [6.07, 6.45) is 1.75. The molecule has 0 spiro atoms. The van der Waals surface area contributed by atoms with Gasteiger partial charge >= 0.3 is 0 Å². The van der Waals surface area contributed by atoms with Crippen molar-refractivity contribution in [3.05, 3.63) is 35.9 Å². The second-order valence-corrected chi connectivity index (χ2v) is 4.70. The Balaban J connectivity index is 2.54. The number of halogens is 1. The molecule has 1 aromatic rings. The number of ketones is 1. The minimum atomic E-state index is -0.380. The van der Waals surface area contributed by atoms with Crippen LogP contribution in [0.3, 0.4) is 0 Å². The van der Waals surface area contributed by atoms with Crippen molar-refractivity contribution in [1.29, 1.82) is 0 Å². The van der Waals surface area contributed by atoms with E-state index < -0.39 is 0 Å². The summed E-state index contributed by atoms with van der Waals surface area (Å²) in [5, 5.41) is -0.380. The van der Waals surface area contributed by atoms with Gasteiger partial charge in [0.2, 0.25) is 0 Å². The Hall–Kier alpha value is -0.820. The van der Waals surface area contributed by atoms with Gasteiger partial charge in [0.15, 0.2) is 5.78 Å². The van der Waals surface area contributed by atoms with E-state index in [0.717, 1.165) is 12.8 Å². The van der Waals surface area contributed by atoms with Crippen LogP contribution in [0.5, 0.6) is 0 Å². The first-order valence-electron chi connectivity index (χ1n) is 5.34. The Labute approximate surface area is 96.5 Å². The third-order valence-corrected chi connectivity index (χ3v) is 2.76. The van der Waals surface area contributed by atoms with Gasteiger partial charge in [0, 0.05) is 5.56 Å². The average Bonchev–Trinajstić information content (AvgIpc) is 2.26. The summed E-state index contributed by atoms with van der Waals surface area (Å²) in [5.74, 6) is 0.632. The average molecular weight is 225 g/mol. The fraction of sp³-hybridized carbons (Fsp3) is 0.462. The molecule has 0 bridgehead atoms. The summed E-state index contributed by atoms with van der Waals surface area (Å²) in [4.78, 5) is 11.8. The lowest BCUT2D eigenvalue weighted by molar-refractivity contribution is 0.0982. The van der Waals surface area contributed by atoms with Crippen LogP contribution in [0.4, 0.5) is 0 Å². The van der Waals surface area contributed by atoms with Gasteiger partial charge in [-0.25, -0.2) is 0 Å². The molecular weight excluding hydrogens is 208 g/mol. The quantitative estimate of drug-likeness (QED) is 0.548. The van der Waals surface area contributed by atoms with Gasteiger partial charge in [-0.1, -0.05) is 44.2 Å². The molecule has 1 rings (SSSR count). The summed E-state index contributed by atoms with van der Waals surface area (Å²) < 4.78 is 0. The lowest BCUT2D eigenvalue weighted by Crippen LogP contribution is -2.15. The first-order valence-corrected chi connectivity index (χ1v) is 5.78. The van der Waals surface area contributed by atoms with Gasteiger partial charge in [0.25, 0.3) is 0 Å². The van der Waals surface area contributed by atoms with Crippen molar-refractivity contribution in [3.63, 3.8) is 0 Å². The third kappa shape index (κ3) is 4.05. The Bertz CT molecular complexity index is 306. The molecule has 0 heterocycles. The highest BCUT2D eigenvalue weighted by atomic mass is 35.5. The zero-order valence-electron chi connectivity index (χ0n) is 9.24. The van der Waals surface area contributed by atoms with Crippen LogP contribution in [-0.4, -0.2) is 11.2 Å². The maximum atomic E-state index is 11.8. The molecule has 0 amide bonds. The first kappa shape index (κ1) is 12.3. The van der Waals surface area contributed by atoms with E-state index in [-0.39, 0.29) is 11.2 Å². The van der Waals surface area contributed by atoms with Crippen LogP contribution in [0, 0.1) is 5.92 Å². The summed E-state index contributed by atoms with van der Waals surface area (Å²) in [6.45, 7) is 4.27. The summed E-state index contributed by atoms with van der Waals surface area (Å²) in [6, 6.07) is 9.24. The number of rotatable bonds is 5. The van der Waals surface area contributed by atoms with Gasteiger partial charge in [-0.05, 0) is 18.8 Å². The van der Waals surface area contributed by atoms with Gasteiger partial charge in [0.1, 0.15) is 0 Å². The maximum absolute atomic E-state index is 11.8. The fourth-order valence-corrected chi connectivity index (χ4v) is 1.65. The zero-order chi connectivity index (χ0) is 11.3. The topological polar surface area (TPSA) is 17.1 Å². The molecule has 0 aliphatic heterocycles. The van der Waals surface area contributed by atoms with E-state index in [1.165, 1.54) is 0 Å². The highest BCUT2D eigenvalue weighted by Crippen LogP contribution is 2.16. The second kappa shape index (κ2) is 5.92. The molecule has 0 radical (unpaired) electrons. The van der Waals surface area contributed by atoms with E-state index in [1.54, 1.807) is 0 Å². The van der Waals surface area contributed by atoms with Crippen LogP contribution in [0.2, 0.25) is 0 Å². The van der Waals surface area contributed by atoms with Crippen molar-refractivity contribution in [1.82, 2.24) is 0 Å². The second-order valence-electron chi connectivity index (χ2n) is 4.17. The van der Waals surface area contributed by atoms with Gasteiger partial charge < -0.3 is 0 Å². The van der Waals surface area contributed by atoms with Crippen LogP contribution in [0.15, 0.2) is 30.3 Å².